The van der Waals surface area contributed by atoms with Crippen molar-refractivity contribution in [3.05, 3.63) is 0 Å². The first-order valence-electron chi connectivity index (χ1n) is 3.78. The average Bonchev–Trinajstić information content (AvgIpc) is 2.42. The number of rotatable bonds is 2. The van der Waals surface area contributed by atoms with E-state index in [1.165, 1.54) is 0 Å². The molecule has 0 radical (unpaired) electrons. The molecule has 1 rings (SSSR count). The van der Waals surface area contributed by atoms with Gasteiger partial charge in [0.05, 0.1) is 0 Å². The van der Waals surface area contributed by atoms with Crippen molar-refractivity contribution in [3.8, 4) is 0 Å². The molecule has 1 heterocycles. The van der Waals surface area contributed by atoms with Crippen molar-refractivity contribution in [2.75, 3.05) is 0 Å². The molecule has 0 aromatic rings. The highest BCUT2D eigenvalue weighted by molar-refractivity contribution is 5.16. The van der Waals surface area contributed by atoms with Crippen molar-refractivity contribution >= 4 is 0 Å². The standard InChI is InChI=1S/C7H12F3N/c1-3-4-6(5(2)11-6)7(8,9)10/h5,11H,3-4H2,1-2H3. The highest BCUT2D eigenvalue weighted by Gasteiger charge is 2.67. The Balaban J connectivity index is 2.64. The van der Waals surface area contributed by atoms with Crippen LogP contribution in [0.2, 0.25) is 0 Å². The molecule has 1 nitrogen and oxygen atoms in total. The molecule has 1 N–H and O–H groups in total. The Morgan fingerprint density at radius 1 is 1.45 bits per heavy atom. The van der Waals surface area contributed by atoms with Gasteiger partial charge < -0.3 is 0 Å². The minimum atomic E-state index is -4.08. The fraction of sp³-hybridized carbons (Fsp3) is 1.00. The van der Waals surface area contributed by atoms with E-state index in [1.807, 2.05) is 0 Å². The fourth-order valence-electron chi connectivity index (χ4n) is 1.50. The van der Waals surface area contributed by atoms with Crippen LogP contribution in [0.5, 0.6) is 0 Å². The molecule has 4 heteroatoms. The Kier molecular flexibility index (Phi) is 1.90. The van der Waals surface area contributed by atoms with Crippen LogP contribution < -0.4 is 5.32 Å². The second kappa shape index (κ2) is 2.37. The fourth-order valence-corrected chi connectivity index (χ4v) is 1.50. The Bertz CT molecular complexity index is 154. The van der Waals surface area contributed by atoms with Crippen LogP contribution in [-0.4, -0.2) is 17.8 Å². The Morgan fingerprint density at radius 2 is 1.91 bits per heavy atom. The summed E-state index contributed by atoms with van der Waals surface area (Å²) < 4.78 is 36.8. The van der Waals surface area contributed by atoms with Crippen LogP contribution in [0.25, 0.3) is 0 Å². The lowest BCUT2D eigenvalue weighted by Crippen LogP contribution is -2.36. The zero-order valence-electron chi connectivity index (χ0n) is 6.63. The maximum absolute atomic E-state index is 12.3. The van der Waals surface area contributed by atoms with Crippen LogP contribution in [0, 0.1) is 0 Å². The lowest BCUT2D eigenvalue weighted by atomic mass is 9.99. The summed E-state index contributed by atoms with van der Waals surface area (Å²) in [5, 5.41) is 2.46. The molecule has 1 aliphatic heterocycles. The summed E-state index contributed by atoms with van der Waals surface area (Å²) in [6.45, 7) is 3.34. The van der Waals surface area contributed by atoms with E-state index in [2.05, 4.69) is 5.32 Å². The van der Waals surface area contributed by atoms with E-state index in [1.54, 1.807) is 13.8 Å². The van der Waals surface area contributed by atoms with Gasteiger partial charge in [-0.3, -0.25) is 5.32 Å². The van der Waals surface area contributed by atoms with Crippen LogP contribution in [0.15, 0.2) is 0 Å². The molecule has 11 heavy (non-hydrogen) atoms. The third kappa shape index (κ3) is 1.24. The molecule has 0 aromatic carbocycles. The van der Waals surface area contributed by atoms with Crippen molar-refractivity contribution in [1.29, 1.82) is 0 Å². The van der Waals surface area contributed by atoms with Gasteiger partial charge in [0.2, 0.25) is 0 Å². The lowest BCUT2D eigenvalue weighted by Gasteiger charge is -2.17. The summed E-state index contributed by atoms with van der Waals surface area (Å²) in [5.41, 5.74) is -1.55. The molecular formula is C7H12F3N. The van der Waals surface area contributed by atoms with Gasteiger partial charge in [-0.15, -0.1) is 0 Å². The first kappa shape index (κ1) is 8.84. The van der Waals surface area contributed by atoms with Crippen LogP contribution in [0.1, 0.15) is 26.7 Å². The summed E-state index contributed by atoms with van der Waals surface area (Å²) in [6.07, 6.45) is -3.32. The molecule has 1 fully saturated rings. The predicted octanol–water partition coefficient (Wildman–Crippen LogP) is 2.08. The van der Waals surface area contributed by atoms with Gasteiger partial charge in [-0.25, -0.2) is 0 Å². The minimum absolute atomic E-state index is 0.192. The topological polar surface area (TPSA) is 21.9 Å². The molecule has 0 bridgehead atoms. The molecule has 0 aromatic heterocycles. The van der Waals surface area contributed by atoms with E-state index >= 15 is 0 Å². The van der Waals surface area contributed by atoms with Crippen LogP contribution in [-0.2, 0) is 0 Å². The molecule has 66 valence electrons. The van der Waals surface area contributed by atoms with E-state index in [0.717, 1.165) is 0 Å². The van der Waals surface area contributed by atoms with Crippen molar-refractivity contribution in [2.24, 2.45) is 0 Å². The smallest absolute Gasteiger partial charge is 0.298 e. The van der Waals surface area contributed by atoms with E-state index in [4.69, 9.17) is 0 Å². The zero-order chi connectivity index (χ0) is 8.70. The molecule has 0 aliphatic carbocycles. The number of alkyl halides is 3. The third-order valence-corrected chi connectivity index (χ3v) is 2.28. The normalized spacial score (nSPS) is 37.4. The summed E-state index contributed by atoms with van der Waals surface area (Å²) >= 11 is 0. The second-order valence-electron chi connectivity index (χ2n) is 3.09. The Labute approximate surface area is 64.0 Å². The van der Waals surface area contributed by atoms with E-state index < -0.39 is 17.8 Å². The molecule has 0 saturated carbocycles. The van der Waals surface area contributed by atoms with Gasteiger partial charge in [0.15, 0.2) is 0 Å². The van der Waals surface area contributed by atoms with Crippen molar-refractivity contribution in [1.82, 2.24) is 5.32 Å². The van der Waals surface area contributed by atoms with Gasteiger partial charge in [-0.2, -0.15) is 13.2 Å². The summed E-state index contributed by atoms with van der Waals surface area (Å²) in [6, 6.07) is -0.401. The van der Waals surface area contributed by atoms with Gasteiger partial charge in [-0.05, 0) is 13.3 Å². The molecule has 0 amide bonds. The highest BCUT2D eigenvalue weighted by Crippen LogP contribution is 2.45. The quantitative estimate of drug-likeness (QED) is 0.625. The van der Waals surface area contributed by atoms with Crippen LogP contribution in [0.3, 0.4) is 0 Å². The van der Waals surface area contributed by atoms with Gasteiger partial charge in [0.25, 0.3) is 0 Å². The molecule has 2 atom stereocenters. The monoisotopic (exact) mass is 167 g/mol. The van der Waals surface area contributed by atoms with Crippen molar-refractivity contribution in [3.63, 3.8) is 0 Å². The largest absolute Gasteiger partial charge is 0.408 e. The van der Waals surface area contributed by atoms with Gasteiger partial charge in [0, 0.05) is 6.04 Å². The minimum Gasteiger partial charge on any atom is -0.298 e. The molecule has 1 aliphatic rings. The van der Waals surface area contributed by atoms with Crippen molar-refractivity contribution in [2.45, 2.75) is 44.4 Å². The number of nitrogens with one attached hydrogen (secondary N) is 1. The number of hydrogen-bond acceptors (Lipinski definition) is 1. The van der Waals surface area contributed by atoms with Crippen LogP contribution >= 0.6 is 0 Å². The Hall–Kier alpha value is -0.250. The molecular weight excluding hydrogens is 155 g/mol. The lowest BCUT2D eigenvalue weighted by molar-refractivity contribution is -0.163. The molecule has 0 spiro atoms. The summed E-state index contributed by atoms with van der Waals surface area (Å²) in [5.74, 6) is 0. The second-order valence-corrected chi connectivity index (χ2v) is 3.09. The van der Waals surface area contributed by atoms with E-state index in [9.17, 15) is 13.2 Å². The molecule has 1 saturated heterocycles. The summed E-state index contributed by atoms with van der Waals surface area (Å²) in [4.78, 5) is 0. The number of halogens is 3. The average molecular weight is 167 g/mol. The number of hydrogen-bond donors (Lipinski definition) is 1. The maximum atomic E-state index is 12.3. The summed E-state index contributed by atoms with van der Waals surface area (Å²) in [7, 11) is 0. The highest BCUT2D eigenvalue weighted by atomic mass is 19.4. The predicted molar refractivity (Wildman–Crippen MR) is 36.3 cm³/mol. The third-order valence-electron chi connectivity index (χ3n) is 2.28. The van der Waals surface area contributed by atoms with Crippen LogP contribution in [0.4, 0.5) is 13.2 Å². The van der Waals surface area contributed by atoms with Crippen molar-refractivity contribution < 1.29 is 13.2 Å². The van der Waals surface area contributed by atoms with Gasteiger partial charge >= 0.3 is 6.18 Å². The maximum Gasteiger partial charge on any atom is 0.408 e. The van der Waals surface area contributed by atoms with E-state index in [-0.39, 0.29) is 6.42 Å². The first-order chi connectivity index (χ1) is 4.94. The SMILES string of the molecule is CCCC1(C(F)(F)F)NC1C. The van der Waals surface area contributed by atoms with Gasteiger partial charge in [-0.1, -0.05) is 13.3 Å². The molecule has 2 unspecified atom stereocenters. The van der Waals surface area contributed by atoms with E-state index in [0.29, 0.717) is 6.42 Å². The zero-order valence-corrected chi connectivity index (χ0v) is 6.63. The Morgan fingerprint density at radius 3 is 2.00 bits per heavy atom. The van der Waals surface area contributed by atoms with Gasteiger partial charge in [0.1, 0.15) is 5.54 Å². The first-order valence-corrected chi connectivity index (χ1v) is 3.78.